The van der Waals surface area contributed by atoms with Crippen molar-refractivity contribution >= 4 is 17.6 Å². The van der Waals surface area contributed by atoms with E-state index in [1.54, 1.807) is 17.2 Å². The molecule has 2 aromatic rings. The van der Waals surface area contributed by atoms with Gasteiger partial charge in [-0.2, -0.15) is 5.10 Å². The summed E-state index contributed by atoms with van der Waals surface area (Å²) >= 11 is 1.36. The van der Waals surface area contributed by atoms with E-state index in [9.17, 15) is 4.79 Å². The van der Waals surface area contributed by atoms with Crippen molar-refractivity contribution < 1.29 is 4.79 Å². The van der Waals surface area contributed by atoms with Crippen LogP contribution in [0.1, 0.15) is 14.7 Å². The Kier molecular flexibility index (Phi) is 2.13. The molecule has 0 radical (unpaired) electrons. The first-order valence-corrected chi connectivity index (χ1v) is 4.42. The number of aromatic nitrogens is 4. The molecule has 5 nitrogen and oxygen atoms in total. The van der Waals surface area contributed by atoms with E-state index in [-0.39, 0.29) is 0 Å². The van der Waals surface area contributed by atoms with Crippen LogP contribution >= 0.6 is 11.3 Å². The van der Waals surface area contributed by atoms with Gasteiger partial charge in [0.15, 0.2) is 6.29 Å². The Bertz CT molecular complexity index is 394. The van der Waals surface area contributed by atoms with E-state index < -0.39 is 0 Å². The molecule has 0 saturated heterocycles. The molecule has 2 heterocycles. The molecular formula is C7H6N4OS. The Hall–Kier alpha value is -1.56. The van der Waals surface area contributed by atoms with Gasteiger partial charge in [-0.25, -0.2) is 14.6 Å². The molecule has 0 spiro atoms. The van der Waals surface area contributed by atoms with Crippen LogP contribution in [0.15, 0.2) is 18.9 Å². The Morgan fingerprint density at radius 1 is 1.62 bits per heavy atom. The minimum atomic E-state index is 0.568. The highest BCUT2D eigenvalue weighted by Gasteiger charge is 2.01. The van der Waals surface area contributed by atoms with Crippen molar-refractivity contribution in [2.45, 2.75) is 6.54 Å². The summed E-state index contributed by atoms with van der Waals surface area (Å²) in [5.41, 5.74) is 0. The van der Waals surface area contributed by atoms with Crippen molar-refractivity contribution in [1.29, 1.82) is 0 Å². The van der Waals surface area contributed by atoms with E-state index in [0.717, 1.165) is 11.3 Å². The third kappa shape index (κ3) is 1.78. The van der Waals surface area contributed by atoms with Crippen LogP contribution in [0.3, 0.4) is 0 Å². The maximum Gasteiger partial charge on any atom is 0.161 e. The van der Waals surface area contributed by atoms with Gasteiger partial charge in [0.25, 0.3) is 0 Å². The Morgan fingerprint density at radius 3 is 3.15 bits per heavy atom. The van der Waals surface area contributed by atoms with Gasteiger partial charge < -0.3 is 0 Å². The van der Waals surface area contributed by atoms with Crippen molar-refractivity contribution in [1.82, 2.24) is 19.7 Å². The number of carbonyl (C=O) groups is 1. The van der Waals surface area contributed by atoms with Crippen LogP contribution in [0.4, 0.5) is 0 Å². The molecule has 0 unspecified atom stereocenters. The zero-order chi connectivity index (χ0) is 9.10. The number of hydrogen-bond donors (Lipinski definition) is 0. The van der Waals surface area contributed by atoms with Crippen molar-refractivity contribution in [3.05, 3.63) is 28.7 Å². The molecule has 0 atom stereocenters. The van der Waals surface area contributed by atoms with Gasteiger partial charge in [0.2, 0.25) is 0 Å². The van der Waals surface area contributed by atoms with E-state index in [4.69, 9.17) is 0 Å². The number of carbonyl (C=O) groups excluding carboxylic acids is 1. The average molecular weight is 194 g/mol. The van der Waals surface area contributed by atoms with Gasteiger partial charge >= 0.3 is 0 Å². The van der Waals surface area contributed by atoms with Gasteiger partial charge in [0.05, 0.1) is 11.4 Å². The zero-order valence-electron chi connectivity index (χ0n) is 6.62. The second-order valence-electron chi connectivity index (χ2n) is 2.37. The first-order valence-electron chi connectivity index (χ1n) is 3.61. The fraction of sp³-hybridized carbons (Fsp3) is 0.143. The average Bonchev–Trinajstić information content (AvgIpc) is 2.76. The molecule has 0 bridgehead atoms. The fourth-order valence-electron chi connectivity index (χ4n) is 0.905. The molecule has 0 N–H and O–H groups in total. The highest BCUT2D eigenvalue weighted by atomic mass is 32.1. The molecule has 2 aromatic heterocycles. The third-order valence-electron chi connectivity index (χ3n) is 1.45. The minimum Gasteiger partial charge on any atom is -0.297 e. The molecule has 0 saturated carbocycles. The van der Waals surface area contributed by atoms with Gasteiger partial charge in [0, 0.05) is 6.20 Å². The number of nitrogens with zero attached hydrogens (tertiary/aromatic N) is 4. The minimum absolute atomic E-state index is 0.568. The fourth-order valence-corrected chi connectivity index (χ4v) is 1.63. The van der Waals surface area contributed by atoms with Crippen LogP contribution in [0, 0.1) is 0 Å². The quantitative estimate of drug-likeness (QED) is 0.671. The normalized spacial score (nSPS) is 10.2. The Morgan fingerprint density at radius 2 is 2.54 bits per heavy atom. The molecule has 0 fully saturated rings. The largest absolute Gasteiger partial charge is 0.297 e. The summed E-state index contributed by atoms with van der Waals surface area (Å²) in [7, 11) is 0. The molecule has 13 heavy (non-hydrogen) atoms. The summed E-state index contributed by atoms with van der Waals surface area (Å²) in [5.74, 6) is 0. The highest BCUT2D eigenvalue weighted by molar-refractivity contribution is 7.13. The Labute approximate surface area is 78.1 Å². The lowest BCUT2D eigenvalue weighted by atomic mass is 10.6. The zero-order valence-corrected chi connectivity index (χ0v) is 7.44. The smallest absolute Gasteiger partial charge is 0.161 e. The van der Waals surface area contributed by atoms with E-state index in [2.05, 4.69) is 15.1 Å². The summed E-state index contributed by atoms with van der Waals surface area (Å²) in [6, 6.07) is 0. The van der Waals surface area contributed by atoms with E-state index in [1.807, 2.05) is 0 Å². The van der Waals surface area contributed by atoms with Gasteiger partial charge in [-0.3, -0.25) is 4.79 Å². The maximum absolute atomic E-state index is 10.4. The lowest BCUT2D eigenvalue weighted by molar-refractivity contribution is 0.112. The van der Waals surface area contributed by atoms with Crippen molar-refractivity contribution in [2.75, 3.05) is 0 Å². The third-order valence-corrected chi connectivity index (χ3v) is 2.36. The molecule has 0 aromatic carbocycles. The number of hydrogen-bond acceptors (Lipinski definition) is 5. The first kappa shape index (κ1) is 8.06. The number of thiazole rings is 1. The molecular weight excluding hydrogens is 188 g/mol. The lowest BCUT2D eigenvalue weighted by Crippen LogP contribution is -1.98. The van der Waals surface area contributed by atoms with Gasteiger partial charge in [-0.05, 0) is 0 Å². The van der Waals surface area contributed by atoms with Gasteiger partial charge in [-0.15, -0.1) is 11.3 Å². The van der Waals surface area contributed by atoms with Crippen molar-refractivity contribution in [2.24, 2.45) is 0 Å². The van der Waals surface area contributed by atoms with Crippen LogP contribution in [0.25, 0.3) is 0 Å². The summed E-state index contributed by atoms with van der Waals surface area (Å²) in [6.07, 6.45) is 5.43. The van der Waals surface area contributed by atoms with Crippen molar-refractivity contribution in [3.63, 3.8) is 0 Å². The molecule has 2 rings (SSSR count). The monoisotopic (exact) mass is 194 g/mol. The maximum atomic E-state index is 10.4. The van der Waals surface area contributed by atoms with Crippen LogP contribution < -0.4 is 0 Å². The number of rotatable bonds is 3. The topological polar surface area (TPSA) is 60.7 Å². The highest BCUT2D eigenvalue weighted by Crippen LogP contribution is 2.10. The standard InChI is InChI=1S/C7H6N4OS/c12-3-6-1-9-7(13-6)2-11-5-8-4-10-11/h1,3-5H,2H2. The predicted octanol–water partition coefficient (Wildman–Crippen LogP) is 0.595. The van der Waals surface area contributed by atoms with Crippen LogP contribution in [0.5, 0.6) is 0 Å². The van der Waals surface area contributed by atoms with E-state index >= 15 is 0 Å². The van der Waals surface area contributed by atoms with Crippen LogP contribution in [0.2, 0.25) is 0 Å². The summed E-state index contributed by atoms with van der Waals surface area (Å²) < 4.78 is 1.66. The summed E-state index contributed by atoms with van der Waals surface area (Å²) in [4.78, 5) is 18.9. The molecule has 0 aliphatic heterocycles. The van der Waals surface area contributed by atoms with Crippen molar-refractivity contribution in [3.8, 4) is 0 Å². The van der Waals surface area contributed by atoms with E-state index in [0.29, 0.717) is 11.4 Å². The second-order valence-corrected chi connectivity index (χ2v) is 3.51. The van der Waals surface area contributed by atoms with Gasteiger partial charge in [-0.1, -0.05) is 0 Å². The predicted molar refractivity (Wildman–Crippen MR) is 46.6 cm³/mol. The first-order chi connectivity index (χ1) is 6.38. The van der Waals surface area contributed by atoms with Crippen LogP contribution in [-0.2, 0) is 6.54 Å². The van der Waals surface area contributed by atoms with Gasteiger partial charge in [0.1, 0.15) is 17.7 Å². The molecule has 66 valence electrons. The Balaban J connectivity index is 2.14. The summed E-state index contributed by atoms with van der Waals surface area (Å²) in [6.45, 7) is 0.568. The SMILES string of the molecule is O=Cc1cnc(Cn2cncn2)s1. The van der Waals surface area contributed by atoms with E-state index in [1.165, 1.54) is 17.7 Å². The summed E-state index contributed by atoms with van der Waals surface area (Å²) in [5, 5.41) is 4.78. The molecule has 6 heteroatoms. The molecule has 0 aliphatic rings. The molecule has 0 aliphatic carbocycles. The molecule has 0 amide bonds. The van der Waals surface area contributed by atoms with Crippen LogP contribution in [-0.4, -0.2) is 26.0 Å². The lowest BCUT2D eigenvalue weighted by Gasteiger charge is -1.93. The second kappa shape index (κ2) is 3.44. The number of aldehydes is 1.